The molecule has 1 aliphatic rings. The number of benzene rings is 3. The van der Waals surface area contributed by atoms with E-state index < -0.39 is 0 Å². The highest BCUT2D eigenvalue weighted by atomic mass is 16.2. The molecule has 3 N–H and O–H groups in total. The van der Waals surface area contributed by atoms with Crippen LogP contribution in [0.3, 0.4) is 0 Å². The molecule has 2 amide bonds. The van der Waals surface area contributed by atoms with Crippen LogP contribution in [-0.2, 0) is 11.3 Å². The Morgan fingerprint density at radius 1 is 0.938 bits per heavy atom. The van der Waals surface area contributed by atoms with Gasteiger partial charge in [0.05, 0.1) is 11.3 Å². The van der Waals surface area contributed by atoms with Crippen molar-refractivity contribution < 1.29 is 9.59 Å². The number of hydrogen-bond donors (Lipinski definition) is 3. The Balaban J connectivity index is 1.82. The molecule has 6 heteroatoms. The number of anilines is 2. The number of carbonyl (C=O) groups excluding carboxylic acids is 2. The van der Waals surface area contributed by atoms with E-state index in [9.17, 15) is 9.59 Å². The molecule has 0 saturated heterocycles. The van der Waals surface area contributed by atoms with E-state index in [1.165, 1.54) is 5.56 Å². The van der Waals surface area contributed by atoms with Gasteiger partial charge in [-0.2, -0.15) is 0 Å². The fourth-order valence-corrected chi connectivity index (χ4v) is 3.85. The zero-order chi connectivity index (χ0) is 22.7. The maximum Gasteiger partial charge on any atom is 0.258 e. The van der Waals surface area contributed by atoms with Gasteiger partial charge in [0.1, 0.15) is 0 Å². The SMILES string of the molecule is CNC(=O)c1ccc2c(c1)NC(=O)/C2=C(\Nc1cccc(CN(C)C)c1)c1ccccc1. The van der Waals surface area contributed by atoms with E-state index in [1.807, 2.05) is 62.6 Å². The van der Waals surface area contributed by atoms with Crippen LogP contribution in [0.1, 0.15) is 27.0 Å². The number of nitrogens with zero attached hydrogens (tertiary/aromatic N) is 1. The van der Waals surface area contributed by atoms with Crippen molar-refractivity contribution in [2.24, 2.45) is 0 Å². The summed E-state index contributed by atoms with van der Waals surface area (Å²) in [6, 6.07) is 23.2. The van der Waals surface area contributed by atoms with Gasteiger partial charge < -0.3 is 20.9 Å². The fourth-order valence-electron chi connectivity index (χ4n) is 3.85. The lowest BCUT2D eigenvalue weighted by Gasteiger charge is -2.16. The van der Waals surface area contributed by atoms with Gasteiger partial charge in [-0.3, -0.25) is 9.59 Å². The lowest BCUT2D eigenvalue weighted by atomic mass is 9.98. The van der Waals surface area contributed by atoms with E-state index in [-0.39, 0.29) is 11.8 Å². The van der Waals surface area contributed by atoms with E-state index in [4.69, 9.17) is 0 Å². The topological polar surface area (TPSA) is 73.5 Å². The van der Waals surface area contributed by atoms with Gasteiger partial charge in [0.2, 0.25) is 0 Å². The zero-order valence-electron chi connectivity index (χ0n) is 18.4. The molecular weight excluding hydrogens is 400 g/mol. The van der Waals surface area contributed by atoms with Crippen molar-refractivity contribution in [3.05, 3.63) is 95.1 Å². The lowest BCUT2D eigenvalue weighted by Crippen LogP contribution is -2.17. The Hall–Kier alpha value is -3.90. The molecular formula is C26H26N4O2. The summed E-state index contributed by atoms with van der Waals surface area (Å²) < 4.78 is 0. The first-order valence-electron chi connectivity index (χ1n) is 10.4. The van der Waals surface area contributed by atoms with Crippen LogP contribution in [0, 0.1) is 0 Å². The van der Waals surface area contributed by atoms with Crippen LogP contribution < -0.4 is 16.0 Å². The third kappa shape index (κ3) is 4.40. The molecule has 0 bridgehead atoms. The molecule has 32 heavy (non-hydrogen) atoms. The summed E-state index contributed by atoms with van der Waals surface area (Å²) in [5.74, 6) is -0.400. The van der Waals surface area contributed by atoms with E-state index in [0.29, 0.717) is 16.8 Å². The summed E-state index contributed by atoms with van der Waals surface area (Å²) >= 11 is 0. The van der Waals surface area contributed by atoms with Gasteiger partial charge in [-0.1, -0.05) is 48.5 Å². The quantitative estimate of drug-likeness (QED) is 0.520. The van der Waals surface area contributed by atoms with E-state index in [0.717, 1.165) is 29.1 Å². The average Bonchev–Trinajstić information content (AvgIpc) is 3.12. The number of fused-ring (bicyclic) bond motifs is 1. The molecule has 0 radical (unpaired) electrons. The Kier molecular flexibility index (Phi) is 6.05. The van der Waals surface area contributed by atoms with Crippen LogP contribution in [0.2, 0.25) is 0 Å². The van der Waals surface area contributed by atoms with Crippen LogP contribution in [-0.4, -0.2) is 37.9 Å². The third-order valence-corrected chi connectivity index (χ3v) is 5.26. The van der Waals surface area contributed by atoms with Gasteiger partial charge in [-0.25, -0.2) is 0 Å². The van der Waals surface area contributed by atoms with E-state index in [1.54, 1.807) is 19.2 Å². The molecule has 0 spiro atoms. The minimum absolute atomic E-state index is 0.196. The smallest absolute Gasteiger partial charge is 0.258 e. The van der Waals surface area contributed by atoms with Gasteiger partial charge in [-0.15, -0.1) is 0 Å². The van der Waals surface area contributed by atoms with Crippen molar-refractivity contribution in [3.63, 3.8) is 0 Å². The van der Waals surface area contributed by atoms with Crippen molar-refractivity contribution in [1.82, 2.24) is 10.2 Å². The summed E-state index contributed by atoms with van der Waals surface area (Å²) in [5.41, 5.74) is 6.13. The predicted molar refractivity (Wildman–Crippen MR) is 129 cm³/mol. The predicted octanol–water partition coefficient (Wildman–Crippen LogP) is 4.04. The largest absolute Gasteiger partial charge is 0.355 e. The summed E-state index contributed by atoms with van der Waals surface area (Å²) in [4.78, 5) is 27.2. The minimum atomic E-state index is -0.204. The molecule has 3 aromatic carbocycles. The number of amides is 2. The van der Waals surface area contributed by atoms with Gasteiger partial charge >= 0.3 is 0 Å². The first-order valence-corrected chi connectivity index (χ1v) is 10.4. The average molecular weight is 427 g/mol. The molecule has 0 atom stereocenters. The Labute approximate surface area is 188 Å². The van der Waals surface area contributed by atoms with Crippen molar-refractivity contribution >= 4 is 34.5 Å². The molecule has 1 aliphatic heterocycles. The summed E-state index contributed by atoms with van der Waals surface area (Å²) in [6.45, 7) is 0.818. The number of nitrogens with one attached hydrogen (secondary N) is 3. The van der Waals surface area contributed by atoms with Crippen LogP contribution >= 0.6 is 0 Å². The summed E-state index contributed by atoms with van der Waals surface area (Å²) in [6.07, 6.45) is 0. The van der Waals surface area contributed by atoms with Crippen LogP contribution in [0.4, 0.5) is 11.4 Å². The van der Waals surface area contributed by atoms with E-state index >= 15 is 0 Å². The third-order valence-electron chi connectivity index (χ3n) is 5.26. The maximum atomic E-state index is 13.1. The Morgan fingerprint density at radius 3 is 2.44 bits per heavy atom. The van der Waals surface area contributed by atoms with Crippen molar-refractivity contribution in [1.29, 1.82) is 0 Å². The molecule has 4 rings (SSSR count). The molecule has 3 aromatic rings. The Morgan fingerprint density at radius 2 is 1.72 bits per heavy atom. The van der Waals surface area contributed by atoms with Crippen molar-refractivity contribution in [3.8, 4) is 0 Å². The fraction of sp³-hybridized carbons (Fsp3) is 0.154. The molecule has 1 heterocycles. The molecule has 0 aliphatic carbocycles. The van der Waals surface area contributed by atoms with E-state index in [2.05, 4.69) is 33.0 Å². The number of hydrogen-bond acceptors (Lipinski definition) is 4. The molecule has 6 nitrogen and oxygen atoms in total. The van der Waals surface area contributed by atoms with Crippen molar-refractivity contribution in [2.75, 3.05) is 31.8 Å². The minimum Gasteiger partial charge on any atom is -0.355 e. The molecule has 0 fully saturated rings. The first-order chi connectivity index (χ1) is 15.5. The lowest BCUT2D eigenvalue weighted by molar-refractivity contribution is -0.110. The first kappa shape index (κ1) is 21.3. The van der Waals surface area contributed by atoms with Gasteiger partial charge in [0.25, 0.3) is 11.8 Å². The second kappa shape index (κ2) is 9.08. The highest BCUT2D eigenvalue weighted by Crippen LogP contribution is 2.38. The normalized spacial score (nSPS) is 14.1. The second-order valence-corrected chi connectivity index (χ2v) is 7.97. The highest BCUT2D eigenvalue weighted by Gasteiger charge is 2.29. The van der Waals surface area contributed by atoms with Crippen molar-refractivity contribution in [2.45, 2.75) is 6.54 Å². The zero-order valence-corrected chi connectivity index (χ0v) is 18.4. The number of carbonyl (C=O) groups is 2. The maximum absolute atomic E-state index is 13.1. The van der Waals surface area contributed by atoms with Gasteiger partial charge in [0.15, 0.2) is 0 Å². The van der Waals surface area contributed by atoms with Gasteiger partial charge in [-0.05, 0) is 49.5 Å². The number of rotatable bonds is 6. The molecule has 162 valence electrons. The standard InChI is InChI=1S/C26H26N4O2/c1-27-25(31)19-12-13-21-22(15-19)29-26(32)23(21)24(18-9-5-4-6-10-18)28-20-11-7-8-17(14-20)16-30(2)3/h4-15,28H,16H2,1-3H3,(H,27,31)(H,29,32)/b24-23-. The monoisotopic (exact) mass is 426 g/mol. The summed E-state index contributed by atoms with van der Waals surface area (Å²) in [7, 11) is 5.65. The Bertz CT molecular complexity index is 1200. The van der Waals surface area contributed by atoms with Crippen LogP contribution in [0.25, 0.3) is 11.3 Å². The molecule has 0 saturated carbocycles. The van der Waals surface area contributed by atoms with Crippen LogP contribution in [0.15, 0.2) is 72.8 Å². The highest BCUT2D eigenvalue weighted by molar-refractivity contribution is 6.37. The molecule has 0 unspecified atom stereocenters. The molecule has 0 aromatic heterocycles. The summed E-state index contributed by atoms with van der Waals surface area (Å²) in [5, 5.41) is 9.02. The van der Waals surface area contributed by atoms with Crippen LogP contribution in [0.5, 0.6) is 0 Å². The second-order valence-electron chi connectivity index (χ2n) is 7.97. The van der Waals surface area contributed by atoms with Gasteiger partial charge in [0, 0.05) is 36.1 Å².